The first-order valence-corrected chi connectivity index (χ1v) is 8.52. The highest BCUT2D eigenvalue weighted by Crippen LogP contribution is 2.27. The van der Waals surface area contributed by atoms with Crippen LogP contribution in [-0.4, -0.2) is 47.2 Å². The number of pyridine rings is 1. The molecular weight excluding hydrogens is 374 g/mol. The van der Waals surface area contributed by atoms with E-state index in [0.717, 1.165) is 0 Å². The zero-order valence-corrected chi connectivity index (χ0v) is 16.3. The number of nitrogens with one attached hydrogen (secondary N) is 2. The van der Waals surface area contributed by atoms with Crippen LogP contribution in [0, 0.1) is 0 Å². The molecule has 0 bridgehead atoms. The van der Waals surface area contributed by atoms with Crippen molar-refractivity contribution in [3.05, 3.63) is 29.5 Å². The topological polar surface area (TPSA) is 107 Å². The minimum atomic E-state index is -0.603. The molecule has 0 aliphatic heterocycles. The molecular formula is C17H22ClN5O4. The van der Waals surface area contributed by atoms with Gasteiger partial charge in [0, 0.05) is 31.1 Å². The highest BCUT2D eigenvalue weighted by atomic mass is 35.5. The summed E-state index contributed by atoms with van der Waals surface area (Å²) >= 11 is 5.93. The third kappa shape index (κ3) is 7.24. The summed E-state index contributed by atoms with van der Waals surface area (Å²) in [5.74, 6) is 0.596. The van der Waals surface area contributed by atoms with Crippen molar-refractivity contribution in [2.45, 2.75) is 26.4 Å². The van der Waals surface area contributed by atoms with E-state index in [1.807, 2.05) is 0 Å². The quantitative estimate of drug-likeness (QED) is 0.684. The monoisotopic (exact) mass is 395 g/mol. The fourth-order valence-corrected chi connectivity index (χ4v) is 2.06. The summed E-state index contributed by atoms with van der Waals surface area (Å²) < 4.78 is 15.7. The summed E-state index contributed by atoms with van der Waals surface area (Å²) in [6.45, 7) is 6.06. The van der Waals surface area contributed by atoms with Crippen LogP contribution in [0.2, 0.25) is 5.15 Å². The molecule has 2 N–H and O–H groups in total. The summed E-state index contributed by atoms with van der Waals surface area (Å²) in [5.41, 5.74) is 0.547. The van der Waals surface area contributed by atoms with E-state index in [4.69, 9.17) is 25.8 Å². The van der Waals surface area contributed by atoms with E-state index < -0.39 is 11.7 Å². The number of carbonyl (C=O) groups excluding carboxylic acids is 1. The molecule has 1 amide bonds. The first kappa shape index (κ1) is 20.7. The predicted octanol–water partition coefficient (Wildman–Crippen LogP) is 3.64. The second kappa shape index (κ2) is 9.33. The Kier molecular flexibility index (Phi) is 7.14. The van der Waals surface area contributed by atoms with Crippen LogP contribution < -0.4 is 15.4 Å². The maximum atomic E-state index is 11.9. The van der Waals surface area contributed by atoms with E-state index in [1.54, 1.807) is 46.1 Å². The average Bonchev–Trinajstić information content (AvgIpc) is 2.55. The summed E-state index contributed by atoms with van der Waals surface area (Å²) in [6.07, 6.45) is 0.945. The van der Waals surface area contributed by atoms with Crippen molar-refractivity contribution in [1.29, 1.82) is 0 Å². The minimum absolute atomic E-state index is 0.206. The number of rotatable bonds is 7. The van der Waals surface area contributed by atoms with Crippen LogP contribution >= 0.6 is 11.6 Å². The van der Waals surface area contributed by atoms with Crippen molar-refractivity contribution in [2.24, 2.45) is 0 Å². The molecule has 0 aromatic carbocycles. The largest absolute Gasteiger partial charge is 0.473 e. The van der Waals surface area contributed by atoms with Gasteiger partial charge in [0.05, 0.1) is 6.61 Å². The van der Waals surface area contributed by atoms with Gasteiger partial charge in [-0.05, 0) is 26.8 Å². The number of nitrogens with zero attached hydrogens (tertiary/aromatic N) is 3. The van der Waals surface area contributed by atoms with E-state index in [-0.39, 0.29) is 11.0 Å². The van der Waals surface area contributed by atoms with E-state index in [0.29, 0.717) is 30.4 Å². The maximum Gasteiger partial charge on any atom is 0.413 e. The van der Waals surface area contributed by atoms with E-state index in [9.17, 15) is 4.79 Å². The molecule has 0 atom stereocenters. The van der Waals surface area contributed by atoms with Gasteiger partial charge in [0.25, 0.3) is 5.88 Å². The highest BCUT2D eigenvalue weighted by Gasteiger charge is 2.17. The van der Waals surface area contributed by atoms with Gasteiger partial charge in [-0.1, -0.05) is 11.6 Å². The third-order valence-electron chi connectivity index (χ3n) is 2.92. The van der Waals surface area contributed by atoms with Crippen molar-refractivity contribution in [1.82, 2.24) is 15.2 Å². The molecule has 10 heteroatoms. The number of aromatic nitrogens is 3. The molecule has 2 aromatic heterocycles. The molecule has 0 spiro atoms. The number of anilines is 3. The van der Waals surface area contributed by atoms with Crippen LogP contribution in [-0.2, 0) is 9.47 Å². The first-order chi connectivity index (χ1) is 12.8. The van der Waals surface area contributed by atoms with Crippen molar-refractivity contribution in [3.8, 4) is 5.88 Å². The number of hydrogen-bond donors (Lipinski definition) is 2. The van der Waals surface area contributed by atoms with Gasteiger partial charge >= 0.3 is 6.09 Å². The normalized spacial score (nSPS) is 11.0. The van der Waals surface area contributed by atoms with E-state index in [2.05, 4.69) is 25.8 Å². The Labute approximate surface area is 162 Å². The molecule has 2 heterocycles. The van der Waals surface area contributed by atoms with Crippen LogP contribution in [0.3, 0.4) is 0 Å². The second-order valence-electron chi connectivity index (χ2n) is 6.41. The highest BCUT2D eigenvalue weighted by molar-refractivity contribution is 6.29. The number of methoxy groups -OCH3 is 1. The number of carbonyl (C=O) groups is 1. The summed E-state index contributed by atoms with van der Waals surface area (Å²) in [4.78, 5) is 16.0. The number of amides is 1. The maximum absolute atomic E-state index is 11.9. The Morgan fingerprint density at radius 2 is 2.00 bits per heavy atom. The molecule has 9 nitrogen and oxygen atoms in total. The smallest absolute Gasteiger partial charge is 0.413 e. The van der Waals surface area contributed by atoms with Crippen LogP contribution in [0.1, 0.15) is 20.8 Å². The second-order valence-corrected chi connectivity index (χ2v) is 6.80. The minimum Gasteiger partial charge on any atom is -0.473 e. The van der Waals surface area contributed by atoms with E-state index >= 15 is 0 Å². The van der Waals surface area contributed by atoms with Crippen LogP contribution in [0.4, 0.5) is 22.0 Å². The van der Waals surface area contributed by atoms with Gasteiger partial charge in [0.2, 0.25) is 0 Å². The summed E-state index contributed by atoms with van der Waals surface area (Å²) in [5, 5.41) is 13.6. The van der Waals surface area contributed by atoms with Crippen LogP contribution in [0.5, 0.6) is 5.88 Å². The molecule has 0 saturated heterocycles. The van der Waals surface area contributed by atoms with Crippen molar-refractivity contribution < 1.29 is 19.0 Å². The molecule has 0 unspecified atom stereocenters. The SMILES string of the molecule is COCCOc1nnc(Cl)cc1Nc1ccnc(NC(=O)OC(C)(C)C)c1. The lowest BCUT2D eigenvalue weighted by atomic mass is 10.2. The Bertz CT molecular complexity index is 782. The van der Waals surface area contributed by atoms with Crippen molar-refractivity contribution >= 4 is 34.9 Å². The van der Waals surface area contributed by atoms with Crippen molar-refractivity contribution in [2.75, 3.05) is 31.0 Å². The average molecular weight is 396 g/mol. The molecule has 0 fully saturated rings. The fourth-order valence-electron chi connectivity index (χ4n) is 1.91. The van der Waals surface area contributed by atoms with Gasteiger partial charge < -0.3 is 19.5 Å². The summed E-state index contributed by atoms with van der Waals surface area (Å²) in [6, 6.07) is 4.93. The fraction of sp³-hybridized carbons (Fsp3) is 0.412. The molecule has 2 aromatic rings. The molecule has 27 heavy (non-hydrogen) atoms. The molecule has 146 valence electrons. The number of halogens is 1. The van der Waals surface area contributed by atoms with Gasteiger partial charge in [-0.15, -0.1) is 10.2 Å². The molecule has 0 saturated carbocycles. The molecule has 0 aliphatic rings. The Morgan fingerprint density at radius 1 is 1.22 bits per heavy atom. The third-order valence-corrected chi connectivity index (χ3v) is 3.11. The van der Waals surface area contributed by atoms with Gasteiger partial charge in [0.15, 0.2) is 5.15 Å². The van der Waals surface area contributed by atoms with Gasteiger partial charge in [-0.3, -0.25) is 5.32 Å². The zero-order valence-electron chi connectivity index (χ0n) is 15.6. The predicted molar refractivity (Wildman–Crippen MR) is 102 cm³/mol. The number of hydrogen-bond acceptors (Lipinski definition) is 8. The Morgan fingerprint density at radius 3 is 2.70 bits per heavy atom. The number of ether oxygens (including phenoxy) is 3. The lowest BCUT2D eigenvalue weighted by Crippen LogP contribution is -2.27. The van der Waals surface area contributed by atoms with Crippen LogP contribution in [0.25, 0.3) is 0 Å². The van der Waals surface area contributed by atoms with Gasteiger partial charge in [-0.2, -0.15) is 0 Å². The molecule has 2 rings (SSSR count). The van der Waals surface area contributed by atoms with Gasteiger partial charge in [-0.25, -0.2) is 9.78 Å². The van der Waals surface area contributed by atoms with E-state index in [1.165, 1.54) is 6.20 Å². The lowest BCUT2D eigenvalue weighted by Gasteiger charge is -2.19. The molecule has 0 radical (unpaired) electrons. The van der Waals surface area contributed by atoms with Crippen molar-refractivity contribution in [3.63, 3.8) is 0 Å². The first-order valence-electron chi connectivity index (χ1n) is 8.15. The molecule has 0 aliphatic carbocycles. The Balaban J connectivity index is 2.11. The van der Waals surface area contributed by atoms with Crippen LogP contribution in [0.15, 0.2) is 24.4 Å². The van der Waals surface area contributed by atoms with Gasteiger partial charge in [0.1, 0.15) is 23.7 Å². The zero-order chi connectivity index (χ0) is 19.9. The standard InChI is InChI=1S/C17H22ClN5O4/c1-17(2,3)27-16(24)21-14-9-11(5-6-19-14)20-12-10-13(18)22-23-15(12)26-8-7-25-4/h5-6,9-10H,7-8H2,1-4H3,(H2,19,20,21,22,24). The lowest BCUT2D eigenvalue weighted by molar-refractivity contribution is 0.0635. The Hall–Kier alpha value is -2.65. The summed E-state index contributed by atoms with van der Waals surface area (Å²) in [7, 11) is 1.58.